The third kappa shape index (κ3) is 5.26. The van der Waals surface area contributed by atoms with Crippen LogP contribution < -0.4 is 5.32 Å². The van der Waals surface area contributed by atoms with Crippen LogP contribution in [0.5, 0.6) is 0 Å². The average molecular weight is 765 g/mol. The standard InChI is InChI=1S/C51H32N4S2/c1-3-12-31(13-4-1)49-52-50(32-14-5-2-6-15-32)54-51(53-49)34-23-27-45-42(28-34)40-25-22-33(29-46(40)56-45)36-18-11-19-41-39-26-24-35(30-47(39)57-48(36)41)55-43-20-9-7-16-37(43)38-17-8-10-21-44(38)55/h1-30,51H,(H,52,53,54). The van der Waals surface area contributed by atoms with Crippen molar-refractivity contribution in [1.29, 1.82) is 0 Å². The number of hydrogen-bond acceptors (Lipinski definition) is 5. The van der Waals surface area contributed by atoms with Crippen LogP contribution in [0, 0.1) is 0 Å². The molecule has 1 N–H and O–H groups in total. The Balaban J connectivity index is 0.932. The first-order valence-electron chi connectivity index (χ1n) is 19.2. The summed E-state index contributed by atoms with van der Waals surface area (Å²) in [6.07, 6.45) is -0.271. The Bertz CT molecular complexity index is 3390. The monoisotopic (exact) mass is 764 g/mol. The predicted molar refractivity (Wildman–Crippen MR) is 244 cm³/mol. The Labute approximate surface area is 336 Å². The van der Waals surface area contributed by atoms with Crippen molar-refractivity contribution in [2.75, 3.05) is 0 Å². The lowest BCUT2D eigenvalue weighted by Crippen LogP contribution is -2.33. The number of hydrogen-bond donors (Lipinski definition) is 1. The van der Waals surface area contributed by atoms with Crippen LogP contribution in [0.15, 0.2) is 192 Å². The van der Waals surface area contributed by atoms with Crippen LogP contribution in [0.2, 0.25) is 0 Å². The SMILES string of the molecule is c1ccc(C2=NC(c3ccc4sc5cc(-c6cccc7c6sc6cc(-n8c9ccccc9c9ccccc98)ccc67)ccc5c4c3)NC(c3ccccc3)=N2)cc1. The molecule has 1 aliphatic rings. The molecule has 0 bridgehead atoms. The highest BCUT2D eigenvalue weighted by atomic mass is 32.1. The van der Waals surface area contributed by atoms with Crippen molar-refractivity contribution in [2.45, 2.75) is 6.17 Å². The molecule has 0 spiro atoms. The van der Waals surface area contributed by atoms with Crippen LogP contribution in [0.4, 0.5) is 0 Å². The fourth-order valence-electron chi connectivity index (χ4n) is 8.57. The molecule has 0 fully saturated rings. The number of aromatic nitrogens is 1. The Morgan fingerprint density at radius 2 is 1.12 bits per heavy atom. The molecule has 4 heterocycles. The van der Waals surface area contributed by atoms with Gasteiger partial charge in [0.2, 0.25) is 0 Å². The second kappa shape index (κ2) is 12.8. The van der Waals surface area contributed by atoms with Crippen molar-refractivity contribution in [1.82, 2.24) is 9.88 Å². The number of amidine groups is 2. The Kier molecular flexibility index (Phi) is 7.30. The summed E-state index contributed by atoms with van der Waals surface area (Å²) in [6, 6.07) is 65.5. The third-order valence-corrected chi connectivity index (χ3v) is 13.6. The topological polar surface area (TPSA) is 41.7 Å². The number of nitrogens with zero attached hydrogens (tertiary/aromatic N) is 3. The summed E-state index contributed by atoms with van der Waals surface area (Å²) in [7, 11) is 0. The van der Waals surface area contributed by atoms with Crippen LogP contribution in [0.3, 0.4) is 0 Å². The molecule has 6 heteroatoms. The smallest absolute Gasteiger partial charge is 0.159 e. The van der Waals surface area contributed by atoms with Gasteiger partial charge in [0, 0.05) is 67.9 Å². The number of fused-ring (bicyclic) bond motifs is 9. The lowest BCUT2D eigenvalue weighted by atomic mass is 10.0. The minimum absolute atomic E-state index is 0.271. The van der Waals surface area contributed by atoms with Gasteiger partial charge in [0.15, 0.2) is 5.84 Å². The molecule has 0 amide bonds. The van der Waals surface area contributed by atoms with Crippen molar-refractivity contribution in [3.05, 3.63) is 199 Å². The number of nitrogens with one attached hydrogen (secondary N) is 1. The molecule has 11 aromatic rings. The van der Waals surface area contributed by atoms with Gasteiger partial charge in [0.25, 0.3) is 0 Å². The van der Waals surface area contributed by atoms with E-state index in [1.807, 2.05) is 59.1 Å². The first-order valence-corrected chi connectivity index (χ1v) is 20.8. The fourth-order valence-corrected chi connectivity index (χ4v) is 11.0. The minimum Gasteiger partial charge on any atom is -0.344 e. The van der Waals surface area contributed by atoms with Crippen molar-refractivity contribution < 1.29 is 0 Å². The predicted octanol–water partition coefficient (Wildman–Crippen LogP) is 13.7. The molecular weight excluding hydrogens is 733 g/mol. The van der Waals surface area contributed by atoms with Gasteiger partial charge in [-0.2, -0.15) is 0 Å². The van der Waals surface area contributed by atoms with Crippen molar-refractivity contribution in [3.63, 3.8) is 0 Å². The van der Waals surface area contributed by atoms with Gasteiger partial charge >= 0.3 is 0 Å². The molecule has 12 rings (SSSR count). The molecule has 57 heavy (non-hydrogen) atoms. The lowest BCUT2D eigenvalue weighted by Gasteiger charge is -2.23. The zero-order chi connectivity index (χ0) is 37.5. The van der Waals surface area contributed by atoms with Gasteiger partial charge in [-0.25, -0.2) is 9.98 Å². The van der Waals surface area contributed by atoms with E-state index >= 15 is 0 Å². The highest BCUT2D eigenvalue weighted by molar-refractivity contribution is 7.26. The Hall–Kier alpha value is -6.86. The molecule has 1 unspecified atom stereocenters. The van der Waals surface area contributed by atoms with E-state index in [0.29, 0.717) is 0 Å². The first kappa shape index (κ1) is 32.4. The van der Waals surface area contributed by atoms with Crippen LogP contribution in [-0.4, -0.2) is 16.2 Å². The molecule has 268 valence electrons. The molecule has 0 saturated carbocycles. The quantitative estimate of drug-likeness (QED) is 0.186. The molecule has 0 aliphatic carbocycles. The van der Waals surface area contributed by atoms with E-state index in [2.05, 4.69) is 155 Å². The molecule has 4 nitrogen and oxygen atoms in total. The second-order valence-corrected chi connectivity index (χ2v) is 16.7. The van der Waals surface area contributed by atoms with E-state index in [0.717, 1.165) is 28.4 Å². The number of para-hydroxylation sites is 2. The minimum atomic E-state index is -0.271. The van der Waals surface area contributed by atoms with Gasteiger partial charge in [-0.15, -0.1) is 22.7 Å². The number of thiophene rings is 2. The molecule has 8 aromatic carbocycles. The summed E-state index contributed by atoms with van der Waals surface area (Å²) in [6.45, 7) is 0. The van der Waals surface area contributed by atoms with Crippen LogP contribution in [0.25, 0.3) is 79.0 Å². The summed E-state index contributed by atoms with van der Waals surface area (Å²) in [5.41, 5.74) is 9.31. The van der Waals surface area contributed by atoms with E-state index in [1.54, 1.807) is 0 Å². The van der Waals surface area contributed by atoms with Crippen molar-refractivity contribution >= 4 is 96.5 Å². The maximum atomic E-state index is 5.14. The zero-order valence-electron chi connectivity index (χ0n) is 30.6. The summed E-state index contributed by atoms with van der Waals surface area (Å²) in [5, 5.41) is 11.3. The Morgan fingerprint density at radius 1 is 0.456 bits per heavy atom. The molecule has 3 aromatic heterocycles. The fraction of sp³-hybridized carbons (Fsp3) is 0.0196. The largest absolute Gasteiger partial charge is 0.344 e. The van der Waals surface area contributed by atoms with Gasteiger partial charge in [0.05, 0.1) is 11.0 Å². The van der Waals surface area contributed by atoms with Gasteiger partial charge in [-0.05, 0) is 59.2 Å². The van der Waals surface area contributed by atoms with Gasteiger partial charge in [0.1, 0.15) is 12.0 Å². The maximum absolute atomic E-state index is 5.14. The van der Waals surface area contributed by atoms with Gasteiger partial charge in [-0.1, -0.05) is 140 Å². The number of rotatable bonds is 5. The normalized spacial score (nSPS) is 14.5. The summed E-state index contributed by atoms with van der Waals surface area (Å²) < 4.78 is 7.57. The van der Waals surface area contributed by atoms with Crippen LogP contribution in [-0.2, 0) is 0 Å². The molecule has 0 saturated heterocycles. The van der Waals surface area contributed by atoms with E-state index in [9.17, 15) is 0 Å². The zero-order valence-corrected chi connectivity index (χ0v) is 32.2. The lowest BCUT2D eigenvalue weighted by molar-refractivity contribution is 0.675. The number of aliphatic imine (C=N–C) groups is 2. The van der Waals surface area contributed by atoms with E-state index in [-0.39, 0.29) is 6.17 Å². The van der Waals surface area contributed by atoms with Gasteiger partial charge < -0.3 is 9.88 Å². The number of benzene rings is 8. The molecular formula is C51H32N4S2. The first-order chi connectivity index (χ1) is 28.2. The van der Waals surface area contributed by atoms with Crippen molar-refractivity contribution in [3.8, 4) is 16.8 Å². The average Bonchev–Trinajstić information content (AvgIpc) is 3.95. The van der Waals surface area contributed by atoms with Crippen LogP contribution in [0.1, 0.15) is 22.9 Å². The van der Waals surface area contributed by atoms with Crippen LogP contribution >= 0.6 is 22.7 Å². The summed E-state index contributed by atoms with van der Waals surface area (Å²) >= 11 is 3.75. The highest BCUT2D eigenvalue weighted by Crippen LogP contribution is 2.44. The Morgan fingerprint density at radius 3 is 1.91 bits per heavy atom. The maximum Gasteiger partial charge on any atom is 0.159 e. The van der Waals surface area contributed by atoms with E-state index in [4.69, 9.17) is 9.98 Å². The summed E-state index contributed by atoms with van der Waals surface area (Å²) in [4.78, 5) is 10.1. The second-order valence-electron chi connectivity index (χ2n) is 14.6. The molecule has 1 aliphatic heterocycles. The molecule has 0 radical (unpaired) electrons. The molecule has 1 atom stereocenters. The third-order valence-electron chi connectivity index (χ3n) is 11.3. The summed E-state index contributed by atoms with van der Waals surface area (Å²) in [5.74, 6) is 1.56. The highest BCUT2D eigenvalue weighted by Gasteiger charge is 2.22. The van der Waals surface area contributed by atoms with Gasteiger partial charge in [-0.3, -0.25) is 0 Å². The van der Waals surface area contributed by atoms with E-state index in [1.165, 1.54) is 79.0 Å². The van der Waals surface area contributed by atoms with Crippen molar-refractivity contribution in [2.24, 2.45) is 9.98 Å². The van der Waals surface area contributed by atoms with E-state index < -0.39 is 0 Å².